The summed E-state index contributed by atoms with van der Waals surface area (Å²) in [5, 5.41) is 10.4. The van der Waals surface area contributed by atoms with Gasteiger partial charge in [-0.25, -0.2) is 9.78 Å². The van der Waals surface area contributed by atoms with Gasteiger partial charge in [-0.15, -0.1) is 0 Å². The van der Waals surface area contributed by atoms with Gasteiger partial charge >= 0.3 is 5.69 Å². The Morgan fingerprint density at radius 2 is 1.48 bits per heavy atom. The fourth-order valence-corrected chi connectivity index (χ4v) is 4.33. The lowest BCUT2D eigenvalue weighted by Crippen LogP contribution is -2.40. The zero-order chi connectivity index (χ0) is 22.0. The highest BCUT2D eigenvalue weighted by molar-refractivity contribution is 7.99. The van der Waals surface area contributed by atoms with Gasteiger partial charge < -0.3 is 9.67 Å². The van der Waals surface area contributed by atoms with Gasteiger partial charge in [0, 0.05) is 12.8 Å². The highest BCUT2D eigenvalue weighted by atomic mass is 32.2. The molecular weight excluding hydrogens is 412 g/mol. The Morgan fingerprint density at radius 1 is 0.935 bits per heavy atom. The Labute approximate surface area is 183 Å². The summed E-state index contributed by atoms with van der Waals surface area (Å²) in [7, 11) is 1.63. The van der Waals surface area contributed by atoms with Crippen molar-refractivity contribution in [1.29, 1.82) is 0 Å². The third-order valence-corrected chi connectivity index (χ3v) is 6.24. The van der Waals surface area contributed by atoms with Crippen LogP contribution in [-0.2, 0) is 20.1 Å². The molecule has 4 rings (SSSR count). The molecule has 0 unspecified atom stereocenters. The highest BCUT2D eigenvalue weighted by Gasteiger charge is 2.21. The molecule has 0 aliphatic rings. The largest absolute Gasteiger partial charge is 0.393 e. The average Bonchev–Trinajstić information content (AvgIpc) is 3.13. The third-order valence-electron chi connectivity index (χ3n) is 5.02. The molecule has 0 amide bonds. The van der Waals surface area contributed by atoms with Crippen molar-refractivity contribution in [2.24, 2.45) is 7.05 Å². The molecule has 0 radical (unpaired) electrons. The van der Waals surface area contributed by atoms with E-state index in [-0.39, 0.29) is 12.1 Å². The summed E-state index contributed by atoms with van der Waals surface area (Å²) >= 11 is 1.37. The number of rotatable bonds is 7. The summed E-state index contributed by atoms with van der Waals surface area (Å²) in [5.41, 5.74) is 1.85. The molecule has 0 bridgehead atoms. The van der Waals surface area contributed by atoms with Crippen LogP contribution in [0.2, 0.25) is 0 Å². The molecule has 0 aliphatic heterocycles. The normalized spacial score (nSPS) is 12.4. The number of hydrogen-bond acceptors (Lipinski definition) is 5. The molecule has 0 aliphatic carbocycles. The first kappa shape index (κ1) is 21.1. The first-order valence-corrected chi connectivity index (χ1v) is 11.0. The number of thioether (sulfide) groups is 1. The van der Waals surface area contributed by atoms with Gasteiger partial charge in [0.2, 0.25) is 0 Å². The maximum absolute atomic E-state index is 13.5. The van der Waals surface area contributed by atoms with E-state index in [1.54, 1.807) is 14.0 Å². The van der Waals surface area contributed by atoms with Crippen LogP contribution in [0.4, 0.5) is 0 Å². The van der Waals surface area contributed by atoms with Crippen LogP contribution in [0.5, 0.6) is 0 Å². The van der Waals surface area contributed by atoms with Gasteiger partial charge in [-0.1, -0.05) is 72.4 Å². The number of aliphatic hydroxyl groups excluding tert-OH is 1. The second kappa shape index (κ2) is 8.95. The van der Waals surface area contributed by atoms with Crippen molar-refractivity contribution in [3.8, 4) is 0 Å². The number of fused-ring (bicyclic) bond motifs is 1. The fraction of sp³-hybridized carbons (Fsp3) is 0.261. The van der Waals surface area contributed by atoms with Crippen molar-refractivity contribution in [2.45, 2.75) is 31.3 Å². The van der Waals surface area contributed by atoms with Gasteiger partial charge in [0.25, 0.3) is 5.56 Å². The minimum Gasteiger partial charge on any atom is -0.393 e. The summed E-state index contributed by atoms with van der Waals surface area (Å²) in [5.74, 6) is 0.435. The Balaban J connectivity index is 1.91. The smallest absolute Gasteiger partial charge is 0.332 e. The summed E-state index contributed by atoms with van der Waals surface area (Å²) in [6, 6.07) is 19.2. The second-order valence-electron chi connectivity index (χ2n) is 7.52. The number of aromatic nitrogens is 4. The maximum atomic E-state index is 13.5. The average molecular weight is 437 g/mol. The number of aryl methyl sites for hydroxylation is 1. The SMILES string of the molecule is C[C@H](O)CSc1nc2c(c(=O)n(Cc3ccccc3)c(=O)n2C)n1Cc1ccccc1. The standard InChI is InChI=1S/C23H24N4O3S/c1-16(28)15-31-22-24-20-19(26(22)13-17-9-5-3-6-10-17)21(29)27(23(30)25(20)2)14-18-11-7-4-8-12-18/h3-12,16,28H,13-15H2,1-2H3/t16-/m0/s1. The number of hydrogen-bond donors (Lipinski definition) is 1. The lowest BCUT2D eigenvalue weighted by atomic mass is 10.2. The minimum atomic E-state index is -0.520. The number of benzene rings is 2. The lowest BCUT2D eigenvalue weighted by Gasteiger charge is -2.11. The molecule has 0 saturated carbocycles. The molecule has 0 saturated heterocycles. The molecule has 1 atom stereocenters. The second-order valence-corrected chi connectivity index (χ2v) is 8.50. The third kappa shape index (κ3) is 4.35. The quantitative estimate of drug-likeness (QED) is 0.450. The molecule has 2 aromatic carbocycles. The lowest BCUT2D eigenvalue weighted by molar-refractivity contribution is 0.220. The van der Waals surface area contributed by atoms with Crippen molar-refractivity contribution >= 4 is 22.9 Å². The van der Waals surface area contributed by atoms with Gasteiger partial charge in [0.1, 0.15) is 0 Å². The van der Waals surface area contributed by atoms with Crippen molar-refractivity contribution in [3.05, 3.63) is 92.6 Å². The minimum absolute atomic E-state index is 0.189. The van der Waals surface area contributed by atoms with Gasteiger partial charge in [-0.2, -0.15) is 0 Å². The molecule has 2 aromatic heterocycles. The Bertz CT molecular complexity index is 1310. The van der Waals surface area contributed by atoms with Crippen LogP contribution < -0.4 is 11.2 Å². The monoisotopic (exact) mass is 436 g/mol. The van der Waals surface area contributed by atoms with Crippen LogP contribution in [0.1, 0.15) is 18.1 Å². The van der Waals surface area contributed by atoms with E-state index in [0.717, 1.165) is 11.1 Å². The van der Waals surface area contributed by atoms with Crippen LogP contribution in [0.25, 0.3) is 11.2 Å². The molecular formula is C23H24N4O3S. The van der Waals surface area contributed by atoms with E-state index < -0.39 is 11.8 Å². The van der Waals surface area contributed by atoms with Crippen LogP contribution in [0.3, 0.4) is 0 Å². The van der Waals surface area contributed by atoms with Crippen molar-refractivity contribution in [1.82, 2.24) is 18.7 Å². The molecule has 7 nitrogen and oxygen atoms in total. The Morgan fingerprint density at radius 3 is 2.03 bits per heavy atom. The number of aliphatic hydroxyl groups is 1. The molecule has 2 heterocycles. The van der Waals surface area contributed by atoms with Crippen LogP contribution in [-0.4, -0.2) is 35.6 Å². The van der Waals surface area contributed by atoms with Crippen LogP contribution >= 0.6 is 11.8 Å². The van der Waals surface area contributed by atoms with Crippen LogP contribution in [0, 0.1) is 0 Å². The zero-order valence-corrected chi connectivity index (χ0v) is 18.2. The fourth-order valence-electron chi connectivity index (χ4n) is 3.48. The first-order valence-electron chi connectivity index (χ1n) is 10.0. The van der Waals surface area contributed by atoms with Crippen molar-refractivity contribution < 1.29 is 5.11 Å². The molecule has 4 aromatic rings. The van der Waals surface area contributed by atoms with E-state index in [2.05, 4.69) is 4.98 Å². The number of nitrogens with zero attached hydrogens (tertiary/aromatic N) is 4. The molecule has 1 N–H and O–H groups in total. The van der Waals surface area contributed by atoms with Gasteiger partial charge in [-0.3, -0.25) is 13.9 Å². The number of imidazole rings is 1. The molecule has 0 spiro atoms. The van der Waals surface area contributed by atoms with Gasteiger partial charge in [-0.05, 0) is 18.1 Å². The van der Waals surface area contributed by atoms with E-state index in [0.29, 0.717) is 28.6 Å². The summed E-state index contributed by atoms with van der Waals surface area (Å²) < 4.78 is 4.53. The first-order chi connectivity index (χ1) is 15.0. The van der Waals surface area contributed by atoms with Crippen LogP contribution in [0.15, 0.2) is 75.4 Å². The van der Waals surface area contributed by atoms with E-state index in [4.69, 9.17) is 0 Å². The maximum Gasteiger partial charge on any atom is 0.332 e. The predicted octanol–water partition coefficient (Wildman–Crippen LogP) is 2.47. The highest BCUT2D eigenvalue weighted by Crippen LogP contribution is 2.23. The van der Waals surface area contributed by atoms with E-state index in [9.17, 15) is 14.7 Å². The molecule has 160 valence electrons. The van der Waals surface area contributed by atoms with Crippen molar-refractivity contribution in [3.63, 3.8) is 0 Å². The van der Waals surface area contributed by atoms with Gasteiger partial charge in [0.05, 0.1) is 19.2 Å². The van der Waals surface area contributed by atoms with Crippen molar-refractivity contribution in [2.75, 3.05) is 5.75 Å². The summed E-state index contributed by atoms with van der Waals surface area (Å²) in [4.78, 5) is 31.1. The van der Waals surface area contributed by atoms with E-state index >= 15 is 0 Å². The van der Waals surface area contributed by atoms with E-state index in [1.807, 2.05) is 65.2 Å². The molecule has 31 heavy (non-hydrogen) atoms. The predicted molar refractivity (Wildman–Crippen MR) is 123 cm³/mol. The Kier molecular flexibility index (Phi) is 6.11. The summed E-state index contributed by atoms with van der Waals surface area (Å²) in [6.07, 6.45) is -0.520. The van der Waals surface area contributed by atoms with E-state index in [1.165, 1.54) is 20.9 Å². The Hall–Kier alpha value is -3.10. The zero-order valence-electron chi connectivity index (χ0n) is 17.4. The van der Waals surface area contributed by atoms with Gasteiger partial charge in [0.15, 0.2) is 16.3 Å². The summed E-state index contributed by atoms with van der Waals surface area (Å²) in [6.45, 7) is 2.34. The molecule has 8 heteroatoms. The molecule has 0 fully saturated rings. The topological polar surface area (TPSA) is 82.1 Å².